The number of hydrogen-bond donors (Lipinski definition) is 3. The van der Waals surface area contributed by atoms with Crippen molar-refractivity contribution >= 4 is 0 Å². The van der Waals surface area contributed by atoms with E-state index in [0.29, 0.717) is 11.6 Å². The third kappa shape index (κ3) is 2.49. The molecule has 5 N–H and O–H groups in total. The van der Waals surface area contributed by atoms with Crippen LogP contribution in [0.2, 0.25) is 0 Å². The lowest BCUT2D eigenvalue weighted by Gasteiger charge is -2.21. The molecule has 0 aromatic heterocycles. The molecular formula is C10H18N2O. The van der Waals surface area contributed by atoms with Crippen LogP contribution in [-0.4, -0.2) is 11.7 Å². The molecule has 74 valence electrons. The lowest BCUT2D eigenvalue weighted by atomic mass is 9.88. The molecule has 0 amide bonds. The van der Waals surface area contributed by atoms with Crippen LogP contribution in [0.4, 0.5) is 0 Å². The average Bonchev–Trinajstić information content (AvgIpc) is 2.13. The second-order valence-electron chi connectivity index (χ2n) is 3.65. The van der Waals surface area contributed by atoms with Gasteiger partial charge in [0, 0.05) is 11.4 Å². The Kier molecular flexibility index (Phi) is 3.37. The van der Waals surface area contributed by atoms with Crippen molar-refractivity contribution in [2.45, 2.75) is 26.2 Å². The minimum atomic E-state index is -0.0921. The van der Waals surface area contributed by atoms with E-state index in [1.165, 1.54) is 0 Å². The molecule has 0 saturated carbocycles. The summed E-state index contributed by atoms with van der Waals surface area (Å²) in [6.07, 6.45) is 5.11. The van der Waals surface area contributed by atoms with Crippen LogP contribution < -0.4 is 11.5 Å². The highest BCUT2D eigenvalue weighted by Crippen LogP contribution is 2.27. The van der Waals surface area contributed by atoms with Gasteiger partial charge in [0.15, 0.2) is 0 Å². The normalized spacial score (nSPS) is 25.1. The van der Waals surface area contributed by atoms with E-state index in [1.54, 1.807) is 0 Å². The second-order valence-corrected chi connectivity index (χ2v) is 3.65. The maximum atomic E-state index is 8.76. The van der Waals surface area contributed by atoms with Crippen molar-refractivity contribution in [1.82, 2.24) is 0 Å². The lowest BCUT2D eigenvalue weighted by Crippen LogP contribution is -2.16. The molecule has 0 radical (unpaired) electrons. The SMILES string of the molecule is CC1CCCC(/C=C(\N)CO)=C1N. The number of rotatable bonds is 2. The van der Waals surface area contributed by atoms with E-state index < -0.39 is 0 Å². The van der Waals surface area contributed by atoms with Gasteiger partial charge < -0.3 is 16.6 Å². The molecule has 0 heterocycles. The Labute approximate surface area is 79.1 Å². The summed E-state index contributed by atoms with van der Waals surface area (Å²) in [5.41, 5.74) is 14.0. The predicted octanol–water partition coefficient (Wildman–Crippen LogP) is 0.854. The van der Waals surface area contributed by atoms with E-state index in [1.807, 2.05) is 6.08 Å². The number of aliphatic hydroxyl groups is 1. The van der Waals surface area contributed by atoms with E-state index in [0.717, 1.165) is 30.5 Å². The molecular weight excluding hydrogens is 164 g/mol. The zero-order valence-electron chi connectivity index (χ0n) is 8.09. The lowest BCUT2D eigenvalue weighted by molar-refractivity contribution is 0.329. The zero-order valence-corrected chi connectivity index (χ0v) is 8.09. The van der Waals surface area contributed by atoms with Gasteiger partial charge in [-0.15, -0.1) is 0 Å². The molecule has 1 aliphatic rings. The highest BCUT2D eigenvalue weighted by atomic mass is 16.3. The van der Waals surface area contributed by atoms with Crippen LogP contribution in [0.15, 0.2) is 23.0 Å². The molecule has 0 aromatic rings. The summed E-state index contributed by atoms with van der Waals surface area (Å²) in [6, 6.07) is 0. The predicted molar refractivity (Wildman–Crippen MR) is 53.6 cm³/mol. The van der Waals surface area contributed by atoms with Crippen LogP contribution in [-0.2, 0) is 0 Å². The Morgan fingerprint density at radius 2 is 2.38 bits per heavy atom. The molecule has 1 unspecified atom stereocenters. The first-order valence-corrected chi connectivity index (χ1v) is 4.70. The Morgan fingerprint density at radius 3 is 3.00 bits per heavy atom. The molecule has 3 nitrogen and oxygen atoms in total. The van der Waals surface area contributed by atoms with E-state index in [9.17, 15) is 0 Å². The Bertz CT molecular complexity index is 243. The van der Waals surface area contributed by atoms with Gasteiger partial charge in [0.25, 0.3) is 0 Å². The van der Waals surface area contributed by atoms with Crippen molar-refractivity contribution < 1.29 is 5.11 Å². The van der Waals surface area contributed by atoms with Crippen LogP contribution in [0.25, 0.3) is 0 Å². The van der Waals surface area contributed by atoms with Crippen LogP contribution in [0.3, 0.4) is 0 Å². The molecule has 0 fully saturated rings. The largest absolute Gasteiger partial charge is 0.402 e. The van der Waals surface area contributed by atoms with Gasteiger partial charge in [-0.25, -0.2) is 0 Å². The van der Waals surface area contributed by atoms with Gasteiger partial charge >= 0.3 is 0 Å². The van der Waals surface area contributed by atoms with Gasteiger partial charge in [-0.3, -0.25) is 0 Å². The summed E-state index contributed by atoms with van der Waals surface area (Å²) in [5.74, 6) is 0.450. The molecule has 1 aliphatic carbocycles. The highest BCUT2D eigenvalue weighted by Gasteiger charge is 2.15. The summed E-state index contributed by atoms with van der Waals surface area (Å²) in [4.78, 5) is 0. The third-order valence-corrected chi connectivity index (χ3v) is 2.53. The van der Waals surface area contributed by atoms with Crippen molar-refractivity contribution in [1.29, 1.82) is 0 Å². The molecule has 13 heavy (non-hydrogen) atoms. The Hall–Kier alpha value is -0.960. The summed E-state index contributed by atoms with van der Waals surface area (Å²) in [5, 5.41) is 8.76. The first-order valence-electron chi connectivity index (χ1n) is 4.70. The highest BCUT2D eigenvalue weighted by molar-refractivity contribution is 5.29. The van der Waals surface area contributed by atoms with Crippen molar-refractivity contribution in [3.8, 4) is 0 Å². The topological polar surface area (TPSA) is 72.3 Å². The van der Waals surface area contributed by atoms with Crippen LogP contribution in [0.5, 0.6) is 0 Å². The second kappa shape index (κ2) is 4.33. The average molecular weight is 182 g/mol. The molecule has 0 saturated heterocycles. The number of nitrogens with two attached hydrogens (primary N) is 2. The monoisotopic (exact) mass is 182 g/mol. The molecule has 0 aromatic carbocycles. The van der Waals surface area contributed by atoms with Gasteiger partial charge in [-0.2, -0.15) is 0 Å². The summed E-state index contributed by atoms with van der Waals surface area (Å²) < 4.78 is 0. The van der Waals surface area contributed by atoms with Crippen LogP contribution in [0.1, 0.15) is 26.2 Å². The van der Waals surface area contributed by atoms with E-state index in [4.69, 9.17) is 16.6 Å². The fraction of sp³-hybridized carbons (Fsp3) is 0.600. The molecule has 0 bridgehead atoms. The van der Waals surface area contributed by atoms with Gasteiger partial charge in [0.2, 0.25) is 0 Å². The zero-order chi connectivity index (χ0) is 9.84. The van der Waals surface area contributed by atoms with Crippen molar-refractivity contribution in [3.05, 3.63) is 23.0 Å². The number of hydrogen-bond acceptors (Lipinski definition) is 3. The summed E-state index contributed by atoms with van der Waals surface area (Å²) >= 11 is 0. The number of aliphatic hydroxyl groups excluding tert-OH is 1. The molecule has 0 aliphatic heterocycles. The minimum Gasteiger partial charge on any atom is -0.402 e. The Morgan fingerprint density at radius 1 is 1.69 bits per heavy atom. The summed E-state index contributed by atoms with van der Waals surface area (Å²) in [7, 11) is 0. The molecule has 0 spiro atoms. The van der Waals surface area contributed by atoms with Crippen molar-refractivity contribution in [2.24, 2.45) is 17.4 Å². The standard InChI is InChI=1S/C10H18N2O/c1-7-3-2-4-8(10(7)12)5-9(11)6-13/h5,7,13H,2-4,6,11-12H2,1H3/b9-5-. The van der Waals surface area contributed by atoms with Crippen LogP contribution >= 0.6 is 0 Å². The first-order chi connectivity index (χ1) is 6.15. The van der Waals surface area contributed by atoms with Gasteiger partial charge in [0.05, 0.1) is 6.61 Å². The maximum Gasteiger partial charge on any atom is 0.0825 e. The van der Waals surface area contributed by atoms with Gasteiger partial charge in [-0.1, -0.05) is 6.92 Å². The van der Waals surface area contributed by atoms with Crippen molar-refractivity contribution in [2.75, 3.05) is 6.61 Å². The van der Waals surface area contributed by atoms with E-state index >= 15 is 0 Å². The summed E-state index contributed by atoms with van der Waals surface area (Å²) in [6.45, 7) is 2.03. The quantitative estimate of drug-likeness (QED) is 0.593. The fourth-order valence-electron chi connectivity index (χ4n) is 1.64. The first kappa shape index (κ1) is 10.1. The van der Waals surface area contributed by atoms with E-state index in [-0.39, 0.29) is 6.61 Å². The molecule has 1 atom stereocenters. The minimum absolute atomic E-state index is 0.0921. The molecule has 3 heteroatoms. The number of allylic oxidation sites excluding steroid dienone is 3. The van der Waals surface area contributed by atoms with E-state index in [2.05, 4.69) is 6.92 Å². The third-order valence-electron chi connectivity index (χ3n) is 2.53. The Balaban J connectivity index is 2.83. The smallest absolute Gasteiger partial charge is 0.0825 e. The maximum absolute atomic E-state index is 8.76. The van der Waals surface area contributed by atoms with Gasteiger partial charge in [0.1, 0.15) is 0 Å². The van der Waals surface area contributed by atoms with Crippen LogP contribution in [0, 0.1) is 5.92 Å². The van der Waals surface area contributed by atoms with Gasteiger partial charge in [-0.05, 0) is 36.8 Å². The van der Waals surface area contributed by atoms with Crippen molar-refractivity contribution in [3.63, 3.8) is 0 Å². The fourth-order valence-corrected chi connectivity index (χ4v) is 1.64. The molecule has 1 rings (SSSR count).